The van der Waals surface area contributed by atoms with E-state index in [1.54, 1.807) is 11.0 Å². The molecule has 1 saturated heterocycles. The molecule has 2 aromatic carbocycles. The Morgan fingerprint density at radius 2 is 1.80 bits per heavy atom. The van der Waals surface area contributed by atoms with Gasteiger partial charge < -0.3 is 9.64 Å². The lowest BCUT2D eigenvalue weighted by molar-refractivity contribution is -0.143. The van der Waals surface area contributed by atoms with Crippen molar-refractivity contribution >= 4 is 11.9 Å². The van der Waals surface area contributed by atoms with E-state index in [1.807, 2.05) is 30.3 Å². The normalized spacial score (nSPS) is 17.2. The maximum atomic E-state index is 13.6. The Morgan fingerprint density at radius 1 is 1.08 bits per heavy atom. The molecule has 4 nitrogen and oxygen atoms in total. The van der Waals surface area contributed by atoms with Gasteiger partial charge in [-0.2, -0.15) is 0 Å². The van der Waals surface area contributed by atoms with Gasteiger partial charge in [-0.25, -0.2) is 4.39 Å². The van der Waals surface area contributed by atoms with Crippen molar-refractivity contribution in [1.82, 2.24) is 4.90 Å². The van der Waals surface area contributed by atoms with Crippen LogP contribution in [-0.2, 0) is 16.0 Å². The summed E-state index contributed by atoms with van der Waals surface area (Å²) in [6.45, 7) is 0.952. The van der Waals surface area contributed by atoms with Gasteiger partial charge in [0.1, 0.15) is 0 Å². The summed E-state index contributed by atoms with van der Waals surface area (Å²) in [6, 6.07) is 15.3. The Hall–Kier alpha value is -2.69. The molecule has 1 heterocycles. The molecule has 0 aliphatic carbocycles. The van der Waals surface area contributed by atoms with Crippen LogP contribution in [0.1, 0.15) is 18.4 Å². The van der Waals surface area contributed by atoms with Crippen molar-refractivity contribution in [2.75, 3.05) is 13.1 Å². The van der Waals surface area contributed by atoms with E-state index in [0.29, 0.717) is 25.9 Å². The highest BCUT2D eigenvalue weighted by Crippen LogP contribution is 2.22. The van der Waals surface area contributed by atoms with E-state index >= 15 is 0 Å². The average molecular weight is 341 g/mol. The smallest absolute Gasteiger partial charge is 0.316 e. The highest BCUT2D eigenvalue weighted by Gasteiger charge is 2.30. The topological polar surface area (TPSA) is 46.6 Å². The Bertz CT molecular complexity index is 748. The third-order valence-corrected chi connectivity index (χ3v) is 4.35. The molecule has 0 radical (unpaired) electrons. The summed E-state index contributed by atoms with van der Waals surface area (Å²) in [5.41, 5.74) is 0.948. The maximum absolute atomic E-state index is 13.6. The molecular formula is C20H20FNO3. The molecule has 0 bridgehead atoms. The molecular weight excluding hydrogens is 321 g/mol. The lowest BCUT2D eigenvalue weighted by atomic mass is 9.97. The summed E-state index contributed by atoms with van der Waals surface area (Å²) in [7, 11) is 0. The summed E-state index contributed by atoms with van der Waals surface area (Å²) < 4.78 is 18.8. The molecule has 0 saturated carbocycles. The van der Waals surface area contributed by atoms with Gasteiger partial charge in [0.15, 0.2) is 11.6 Å². The van der Waals surface area contributed by atoms with Gasteiger partial charge in [-0.1, -0.05) is 42.5 Å². The summed E-state index contributed by atoms with van der Waals surface area (Å²) in [6.07, 6.45) is 1.69. The molecule has 5 heteroatoms. The van der Waals surface area contributed by atoms with Crippen molar-refractivity contribution < 1.29 is 18.7 Å². The largest absolute Gasteiger partial charge is 0.423 e. The second kappa shape index (κ2) is 7.92. The first-order chi connectivity index (χ1) is 12.1. The van der Waals surface area contributed by atoms with E-state index in [0.717, 1.165) is 12.0 Å². The minimum Gasteiger partial charge on any atom is -0.423 e. The number of halogens is 1. The molecule has 0 N–H and O–H groups in total. The summed E-state index contributed by atoms with van der Waals surface area (Å²) >= 11 is 0. The number of benzene rings is 2. The fourth-order valence-electron chi connectivity index (χ4n) is 3.00. The van der Waals surface area contributed by atoms with E-state index in [-0.39, 0.29) is 11.7 Å². The van der Waals surface area contributed by atoms with Crippen LogP contribution in [0.25, 0.3) is 0 Å². The molecule has 2 aromatic rings. The number of hydrogen-bond donors (Lipinski definition) is 0. The number of nitrogens with zero attached hydrogens (tertiary/aromatic N) is 1. The number of ether oxygens (including phenoxy) is 1. The Balaban J connectivity index is 1.59. The lowest BCUT2D eigenvalue weighted by Gasteiger charge is -2.31. The number of piperidine rings is 1. The summed E-state index contributed by atoms with van der Waals surface area (Å²) in [4.78, 5) is 26.5. The van der Waals surface area contributed by atoms with Crippen LogP contribution in [0.2, 0.25) is 0 Å². The van der Waals surface area contributed by atoms with Crippen LogP contribution in [0, 0.1) is 11.7 Å². The standard InChI is InChI=1S/C20H20FNO3/c21-17-10-4-5-11-18(17)25-20(24)16-9-6-12-22(14-16)19(23)13-15-7-2-1-3-8-15/h1-5,7-8,10-11,16H,6,9,12-14H2. The number of hydrogen-bond acceptors (Lipinski definition) is 3. The quantitative estimate of drug-likeness (QED) is 0.634. The maximum Gasteiger partial charge on any atom is 0.316 e. The molecule has 3 rings (SSSR count). The molecule has 25 heavy (non-hydrogen) atoms. The second-order valence-corrected chi connectivity index (χ2v) is 6.19. The van der Waals surface area contributed by atoms with Crippen molar-refractivity contribution in [3.63, 3.8) is 0 Å². The van der Waals surface area contributed by atoms with E-state index < -0.39 is 17.7 Å². The number of carbonyl (C=O) groups is 2. The van der Waals surface area contributed by atoms with Gasteiger partial charge in [0.05, 0.1) is 12.3 Å². The number of likely N-dealkylation sites (tertiary alicyclic amines) is 1. The van der Waals surface area contributed by atoms with E-state index in [2.05, 4.69) is 0 Å². The molecule has 1 amide bonds. The van der Waals surface area contributed by atoms with Gasteiger partial charge in [0.2, 0.25) is 5.91 Å². The van der Waals surface area contributed by atoms with Gasteiger partial charge in [0.25, 0.3) is 0 Å². The van der Waals surface area contributed by atoms with Gasteiger partial charge in [-0.3, -0.25) is 9.59 Å². The third kappa shape index (κ3) is 4.44. The van der Waals surface area contributed by atoms with Crippen molar-refractivity contribution in [3.05, 3.63) is 66.0 Å². The fraction of sp³-hybridized carbons (Fsp3) is 0.300. The zero-order valence-electron chi connectivity index (χ0n) is 13.9. The van der Waals surface area contributed by atoms with Crippen LogP contribution in [0.15, 0.2) is 54.6 Å². The van der Waals surface area contributed by atoms with Gasteiger partial charge in [0, 0.05) is 13.1 Å². The van der Waals surface area contributed by atoms with E-state index in [9.17, 15) is 14.0 Å². The van der Waals surface area contributed by atoms with Crippen molar-refractivity contribution in [3.8, 4) is 5.75 Å². The molecule has 1 unspecified atom stereocenters. The third-order valence-electron chi connectivity index (χ3n) is 4.35. The molecule has 130 valence electrons. The Labute approximate surface area is 146 Å². The van der Waals surface area contributed by atoms with Crippen LogP contribution in [0.4, 0.5) is 4.39 Å². The lowest BCUT2D eigenvalue weighted by Crippen LogP contribution is -2.44. The van der Waals surface area contributed by atoms with Crippen LogP contribution in [-0.4, -0.2) is 29.9 Å². The zero-order chi connectivity index (χ0) is 17.6. The SMILES string of the molecule is O=C(Oc1ccccc1F)C1CCCN(C(=O)Cc2ccccc2)C1. The van der Waals surface area contributed by atoms with Gasteiger partial charge >= 0.3 is 5.97 Å². The van der Waals surface area contributed by atoms with Crippen LogP contribution >= 0.6 is 0 Å². The van der Waals surface area contributed by atoms with Crippen LogP contribution in [0.3, 0.4) is 0 Å². The molecule has 1 aliphatic heterocycles. The van der Waals surface area contributed by atoms with Gasteiger partial charge in [-0.15, -0.1) is 0 Å². The van der Waals surface area contributed by atoms with Crippen LogP contribution in [0.5, 0.6) is 5.75 Å². The molecule has 0 spiro atoms. The number of esters is 1. The van der Waals surface area contributed by atoms with Crippen molar-refractivity contribution in [2.45, 2.75) is 19.3 Å². The second-order valence-electron chi connectivity index (χ2n) is 6.19. The van der Waals surface area contributed by atoms with Gasteiger partial charge in [-0.05, 0) is 30.5 Å². The fourth-order valence-corrected chi connectivity index (χ4v) is 3.00. The minimum absolute atomic E-state index is 0.00501. The first-order valence-corrected chi connectivity index (χ1v) is 8.41. The number of rotatable bonds is 4. The number of amides is 1. The molecule has 0 aromatic heterocycles. The van der Waals surface area contributed by atoms with Crippen molar-refractivity contribution in [1.29, 1.82) is 0 Å². The molecule has 1 aliphatic rings. The zero-order valence-corrected chi connectivity index (χ0v) is 13.9. The average Bonchev–Trinajstić information content (AvgIpc) is 2.64. The van der Waals surface area contributed by atoms with E-state index in [1.165, 1.54) is 18.2 Å². The summed E-state index contributed by atoms with van der Waals surface area (Å²) in [5, 5.41) is 0. The summed E-state index contributed by atoms with van der Waals surface area (Å²) in [5.74, 6) is -1.55. The first kappa shape index (κ1) is 17.1. The highest BCUT2D eigenvalue weighted by molar-refractivity contribution is 5.81. The first-order valence-electron chi connectivity index (χ1n) is 8.41. The van der Waals surface area contributed by atoms with Crippen molar-refractivity contribution in [2.24, 2.45) is 5.92 Å². The number of para-hydroxylation sites is 1. The molecule has 1 fully saturated rings. The minimum atomic E-state index is -0.566. The van der Waals surface area contributed by atoms with Crippen LogP contribution < -0.4 is 4.74 Å². The Morgan fingerprint density at radius 3 is 2.56 bits per heavy atom. The predicted molar refractivity (Wildman–Crippen MR) is 91.5 cm³/mol. The molecule has 1 atom stereocenters. The van der Waals surface area contributed by atoms with E-state index in [4.69, 9.17) is 4.74 Å². The predicted octanol–water partition coefficient (Wildman–Crippen LogP) is 3.21. The highest BCUT2D eigenvalue weighted by atomic mass is 19.1. The monoisotopic (exact) mass is 341 g/mol. The number of carbonyl (C=O) groups excluding carboxylic acids is 2. The Kier molecular flexibility index (Phi) is 5.43.